The smallest absolute Gasteiger partial charge is 0.267 e. The van der Waals surface area contributed by atoms with Gasteiger partial charge in [-0.15, -0.1) is 0 Å². The Morgan fingerprint density at radius 3 is 2.42 bits per heavy atom. The van der Waals surface area contributed by atoms with Gasteiger partial charge in [0.25, 0.3) is 5.91 Å². The van der Waals surface area contributed by atoms with Crippen molar-refractivity contribution < 1.29 is 4.79 Å². The van der Waals surface area contributed by atoms with Crippen molar-refractivity contribution in [3.8, 4) is 11.3 Å². The SMILES string of the molecule is CC/C(=N\NC(=O)c1cc(-c2ccc(C)cc2)nc2ccccc12)c1ccc(Cl)cc1. The maximum absolute atomic E-state index is 13.1. The molecule has 0 atom stereocenters. The lowest BCUT2D eigenvalue weighted by Gasteiger charge is -2.10. The van der Waals surface area contributed by atoms with Crippen LogP contribution in [0.2, 0.25) is 5.02 Å². The van der Waals surface area contributed by atoms with Crippen LogP contribution in [0.25, 0.3) is 22.2 Å². The standard InChI is InChI=1S/C26H22ClN3O/c1-3-23(18-12-14-20(27)15-13-18)29-30-26(31)22-16-25(19-10-8-17(2)9-11-19)28-24-7-5-4-6-21(22)24/h4-16H,3H2,1-2H3,(H,30,31)/b29-23+. The number of hydrogen-bond acceptors (Lipinski definition) is 3. The first-order valence-corrected chi connectivity index (χ1v) is 10.5. The Labute approximate surface area is 186 Å². The summed E-state index contributed by atoms with van der Waals surface area (Å²) in [7, 11) is 0. The van der Waals surface area contributed by atoms with Crippen LogP contribution >= 0.6 is 11.6 Å². The molecule has 0 saturated carbocycles. The summed E-state index contributed by atoms with van der Waals surface area (Å²) in [6, 6.07) is 25.0. The van der Waals surface area contributed by atoms with Gasteiger partial charge in [0.15, 0.2) is 0 Å². The maximum Gasteiger partial charge on any atom is 0.272 e. The number of benzene rings is 3. The van der Waals surface area contributed by atoms with Crippen LogP contribution in [0, 0.1) is 6.92 Å². The van der Waals surface area contributed by atoms with E-state index in [0.29, 0.717) is 17.0 Å². The van der Waals surface area contributed by atoms with Crippen molar-refractivity contribution in [2.75, 3.05) is 0 Å². The van der Waals surface area contributed by atoms with E-state index in [1.807, 2.05) is 92.7 Å². The first-order chi connectivity index (χ1) is 15.0. The van der Waals surface area contributed by atoms with E-state index in [-0.39, 0.29) is 5.91 Å². The summed E-state index contributed by atoms with van der Waals surface area (Å²) < 4.78 is 0. The number of fused-ring (bicyclic) bond motifs is 1. The molecule has 1 aromatic heterocycles. The van der Waals surface area contributed by atoms with Crippen LogP contribution in [-0.4, -0.2) is 16.6 Å². The molecule has 1 heterocycles. The molecule has 0 bridgehead atoms. The Hall–Kier alpha value is -3.50. The highest BCUT2D eigenvalue weighted by Gasteiger charge is 2.14. The van der Waals surface area contributed by atoms with Gasteiger partial charge in [0.05, 0.1) is 22.5 Å². The summed E-state index contributed by atoms with van der Waals surface area (Å²) in [5.74, 6) is -0.271. The van der Waals surface area contributed by atoms with Crippen LogP contribution in [0.5, 0.6) is 0 Å². The Bertz CT molecular complexity index is 1260. The molecule has 1 N–H and O–H groups in total. The predicted octanol–water partition coefficient (Wildman–Crippen LogP) is 6.41. The largest absolute Gasteiger partial charge is 0.272 e. The van der Waals surface area contributed by atoms with E-state index in [1.165, 1.54) is 5.56 Å². The Kier molecular flexibility index (Phi) is 6.10. The molecule has 4 rings (SSSR count). The van der Waals surface area contributed by atoms with Crippen molar-refractivity contribution in [1.82, 2.24) is 10.4 Å². The van der Waals surface area contributed by atoms with Gasteiger partial charge in [0, 0.05) is 16.0 Å². The third-order valence-corrected chi connectivity index (χ3v) is 5.36. The molecule has 0 aliphatic carbocycles. The zero-order valence-corrected chi connectivity index (χ0v) is 18.1. The highest BCUT2D eigenvalue weighted by atomic mass is 35.5. The third kappa shape index (κ3) is 4.65. The second-order valence-electron chi connectivity index (χ2n) is 7.30. The second-order valence-corrected chi connectivity index (χ2v) is 7.73. The maximum atomic E-state index is 13.1. The first-order valence-electron chi connectivity index (χ1n) is 10.1. The zero-order valence-electron chi connectivity index (χ0n) is 17.4. The number of nitrogens with one attached hydrogen (secondary N) is 1. The van der Waals surface area contributed by atoms with Crippen LogP contribution in [0.1, 0.15) is 34.8 Å². The topological polar surface area (TPSA) is 54.4 Å². The molecule has 154 valence electrons. The van der Waals surface area contributed by atoms with E-state index in [0.717, 1.165) is 33.4 Å². The summed E-state index contributed by atoms with van der Waals surface area (Å²) >= 11 is 5.98. The van der Waals surface area contributed by atoms with Crippen molar-refractivity contribution in [2.45, 2.75) is 20.3 Å². The van der Waals surface area contributed by atoms with Crippen LogP contribution < -0.4 is 5.43 Å². The Morgan fingerprint density at radius 2 is 1.71 bits per heavy atom. The molecule has 4 nitrogen and oxygen atoms in total. The molecule has 0 saturated heterocycles. The normalized spacial score (nSPS) is 11.5. The Balaban J connectivity index is 1.71. The van der Waals surface area contributed by atoms with Gasteiger partial charge in [0.1, 0.15) is 0 Å². The summed E-state index contributed by atoms with van der Waals surface area (Å²) in [5, 5.41) is 5.84. The molecule has 0 spiro atoms. The van der Waals surface area contributed by atoms with E-state index in [9.17, 15) is 4.79 Å². The highest BCUT2D eigenvalue weighted by Crippen LogP contribution is 2.25. The van der Waals surface area contributed by atoms with E-state index in [1.54, 1.807) is 0 Å². The van der Waals surface area contributed by atoms with Crippen molar-refractivity contribution in [3.05, 3.63) is 101 Å². The summed E-state index contributed by atoms with van der Waals surface area (Å²) in [5.41, 5.74) is 8.63. The fourth-order valence-electron chi connectivity index (χ4n) is 3.40. The lowest BCUT2D eigenvalue weighted by atomic mass is 10.0. The molecule has 1 amide bonds. The van der Waals surface area contributed by atoms with Gasteiger partial charge in [-0.3, -0.25) is 4.79 Å². The minimum atomic E-state index is -0.271. The molecule has 0 aliphatic heterocycles. The number of hydrazone groups is 1. The minimum Gasteiger partial charge on any atom is -0.267 e. The quantitative estimate of drug-likeness (QED) is 0.295. The number of aryl methyl sites for hydroxylation is 1. The van der Waals surface area contributed by atoms with E-state index in [4.69, 9.17) is 16.6 Å². The Morgan fingerprint density at radius 1 is 1.00 bits per heavy atom. The van der Waals surface area contributed by atoms with Crippen LogP contribution in [0.15, 0.2) is 84.0 Å². The van der Waals surface area contributed by atoms with Crippen LogP contribution in [-0.2, 0) is 0 Å². The first kappa shape index (κ1) is 20.8. The molecule has 4 aromatic rings. The molecular formula is C26H22ClN3O. The molecule has 31 heavy (non-hydrogen) atoms. The molecular weight excluding hydrogens is 406 g/mol. The van der Waals surface area contributed by atoms with E-state index < -0.39 is 0 Å². The average molecular weight is 428 g/mol. The molecule has 0 fully saturated rings. The molecule has 5 heteroatoms. The highest BCUT2D eigenvalue weighted by molar-refractivity contribution is 6.30. The van der Waals surface area contributed by atoms with Gasteiger partial charge in [-0.1, -0.05) is 78.7 Å². The summed E-state index contributed by atoms with van der Waals surface area (Å²) in [6.45, 7) is 4.04. The number of hydrogen-bond donors (Lipinski definition) is 1. The number of nitrogens with zero attached hydrogens (tertiary/aromatic N) is 2. The number of carbonyl (C=O) groups is 1. The molecule has 3 aromatic carbocycles. The predicted molar refractivity (Wildman–Crippen MR) is 128 cm³/mol. The van der Waals surface area contributed by atoms with Gasteiger partial charge in [-0.25, -0.2) is 10.4 Å². The number of para-hydroxylation sites is 1. The lowest BCUT2D eigenvalue weighted by molar-refractivity contribution is 0.0956. The number of halogens is 1. The number of aromatic nitrogens is 1. The average Bonchev–Trinajstić information content (AvgIpc) is 2.80. The second kappa shape index (κ2) is 9.11. The monoisotopic (exact) mass is 427 g/mol. The molecule has 0 radical (unpaired) electrons. The van der Waals surface area contributed by atoms with E-state index in [2.05, 4.69) is 10.5 Å². The summed E-state index contributed by atoms with van der Waals surface area (Å²) in [4.78, 5) is 17.9. The fraction of sp³-hybridized carbons (Fsp3) is 0.115. The van der Waals surface area contributed by atoms with Crippen molar-refractivity contribution in [2.24, 2.45) is 5.10 Å². The van der Waals surface area contributed by atoms with Crippen molar-refractivity contribution in [3.63, 3.8) is 0 Å². The number of pyridine rings is 1. The molecule has 0 unspecified atom stereocenters. The molecule has 0 aliphatic rings. The van der Waals surface area contributed by atoms with Gasteiger partial charge in [-0.05, 0) is 43.2 Å². The van der Waals surface area contributed by atoms with Crippen molar-refractivity contribution in [1.29, 1.82) is 0 Å². The summed E-state index contributed by atoms with van der Waals surface area (Å²) in [6.07, 6.45) is 0.674. The zero-order chi connectivity index (χ0) is 21.8. The van der Waals surface area contributed by atoms with Gasteiger partial charge in [-0.2, -0.15) is 5.10 Å². The van der Waals surface area contributed by atoms with Crippen molar-refractivity contribution >= 4 is 34.1 Å². The number of rotatable bonds is 5. The van der Waals surface area contributed by atoms with Gasteiger partial charge in [0.2, 0.25) is 0 Å². The minimum absolute atomic E-state index is 0.271. The third-order valence-electron chi connectivity index (χ3n) is 5.11. The fourth-order valence-corrected chi connectivity index (χ4v) is 3.53. The number of amides is 1. The van der Waals surface area contributed by atoms with Gasteiger partial charge >= 0.3 is 0 Å². The van der Waals surface area contributed by atoms with Crippen LogP contribution in [0.4, 0.5) is 0 Å². The van der Waals surface area contributed by atoms with Crippen LogP contribution in [0.3, 0.4) is 0 Å². The van der Waals surface area contributed by atoms with E-state index >= 15 is 0 Å². The lowest BCUT2D eigenvalue weighted by Crippen LogP contribution is -2.20. The van der Waals surface area contributed by atoms with Gasteiger partial charge < -0.3 is 0 Å². The number of carbonyl (C=O) groups excluding carboxylic acids is 1.